The summed E-state index contributed by atoms with van der Waals surface area (Å²) in [6, 6.07) is 10.0. The van der Waals surface area contributed by atoms with Crippen molar-refractivity contribution < 1.29 is 9.18 Å². The minimum absolute atomic E-state index is 0.00457. The molecule has 0 radical (unpaired) electrons. The Balaban J connectivity index is 1.94. The maximum atomic E-state index is 13.4. The lowest BCUT2D eigenvalue weighted by molar-refractivity contribution is -0.128. The van der Waals surface area contributed by atoms with Gasteiger partial charge in [0.25, 0.3) is 0 Å². The number of hydrazine groups is 1. The molecule has 1 unspecified atom stereocenters. The third-order valence-electron chi connectivity index (χ3n) is 4.48. The van der Waals surface area contributed by atoms with E-state index in [0.717, 1.165) is 28.2 Å². The summed E-state index contributed by atoms with van der Waals surface area (Å²) >= 11 is 0. The van der Waals surface area contributed by atoms with Crippen LogP contribution in [0.15, 0.2) is 48.8 Å². The number of aromatic nitrogens is 3. The van der Waals surface area contributed by atoms with Crippen molar-refractivity contribution in [2.45, 2.75) is 19.9 Å². The molecule has 1 aliphatic heterocycles. The Morgan fingerprint density at radius 2 is 1.85 bits per heavy atom. The van der Waals surface area contributed by atoms with E-state index in [1.807, 2.05) is 23.7 Å². The summed E-state index contributed by atoms with van der Waals surface area (Å²) in [5.41, 5.74) is 6.51. The molecule has 2 aromatic heterocycles. The Kier molecular flexibility index (Phi) is 3.91. The molecular weight excluding hydrogens is 333 g/mol. The normalized spacial score (nSPS) is 16.1. The summed E-state index contributed by atoms with van der Waals surface area (Å²) in [6.45, 7) is 4.06. The molecular formula is C19H18FN5O. The van der Waals surface area contributed by atoms with Gasteiger partial charge in [0.15, 0.2) is 5.82 Å². The lowest BCUT2D eigenvalue weighted by Gasteiger charge is -2.33. The van der Waals surface area contributed by atoms with Gasteiger partial charge in [-0.15, -0.1) is 0 Å². The number of amides is 1. The fraction of sp³-hybridized carbons (Fsp3) is 0.211. The predicted octanol–water partition coefficient (Wildman–Crippen LogP) is 3.50. The molecule has 1 N–H and O–H groups in total. The molecule has 0 fully saturated rings. The first-order valence-corrected chi connectivity index (χ1v) is 8.38. The molecule has 0 spiro atoms. The van der Waals surface area contributed by atoms with Gasteiger partial charge in [0.2, 0.25) is 5.91 Å². The summed E-state index contributed by atoms with van der Waals surface area (Å²) in [5.74, 6) is 0.384. The van der Waals surface area contributed by atoms with Gasteiger partial charge in [-0.05, 0) is 48.9 Å². The number of benzene rings is 1. The van der Waals surface area contributed by atoms with Crippen LogP contribution in [0.1, 0.15) is 19.9 Å². The highest BCUT2D eigenvalue weighted by molar-refractivity contribution is 5.90. The van der Waals surface area contributed by atoms with Crippen molar-refractivity contribution in [3.63, 3.8) is 0 Å². The largest absolute Gasteiger partial charge is 0.279 e. The highest BCUT2D eigenvalue weighted by Crippen LogP contribution is 2.40. The van der Waals surface area contributed by atoms with Crippen LogP contribution in [0, 0.1) is 5.82 Å². The first-order chi connectivity index (χ1) is 12.5. The number of carbonyl (C=O) groups excluding carboxylic acids is 1. The lowest BCUT2D eigenvalue weighted by Crippen LogP contribution is -2.43. The highest BCUT2D eigenvalue weighted by atomic mass is 19.1. The summed E-state index contributed by atoms with van der Waals surface area (Å²) < 4.78 is 15.2. The molecule has 1 aliphatic rings. The van der Waals surface area contributed by atoms with E-state index in [2.05, 4.69) is 10.4 Å². The van der Waals surface area contributed by atoms with Crippen LogP contribution < -0.4 is 5.43 Å². The number of hydrogen-bond donors (Lipinski definition) is 1. The molecule has 132 valence electrons. The van der Waals surface area contributed by atoms with E-state index in [0.29, 0.717) is 6.54 Å². The number of anilines is 1. The van der Waals surface area contributed by atoms with Gasteiger partial charge in [0, 0.05) is 24.9 Å². The van der Waals surface area contributed by atoms with E-state index in [1.165, 1.54) is 19.1 Å². The third kappa shape index (κ3) is 2.71. The van der Waals surface area contributed by atoms with Crippen molar-refractivity contribution in [3.8, 4) is 22.4 Å². The van der Waals surface area contributed by atoms with Gasteiger partial charge in [-0.1, -0.05) is 0 Å². The van der Waals surface area contributed by atoms with E-state index in [1.54, 1.807) is 29.5 Å². The SMILES string of the molecule is CC(=O)N1CC(C)n2nc(-c3ccc(F)cc3)c(-c3ccncc3)c2N1. The second-order valence-corrected chi connectivity index (χ2v) is 6.35. The molecule has 4 rings (SSSR count). The van der Waals surface area contributed by atoms with E-state index >= 15 is 0 Å². The van der Waals surface area contributed by atoms with E-state index in [9.17, 15) is 9.18 Å². The third-order valence-corrected chi connectivity index (χ3v) is 4.48. The fourth-order valence-corrected chi connectivity index (χ4v) is 3.18. The molecule has 0 aliphatic carbocycles. The summed E-state index contributed by atoms with van der Waals surface area (Å²) in [5, 5.41) is 6.36. The number of hydrogen-bond acceptors (Lipinski definition) is 4. The van der Waals surface area contributed by atoms with Gasteiger partial charge in [-0.2, -0.15) is 5.10 Å². The Morgan fingerprint density at radius 3 is 2.50 bits per heavy atom. The molecule has 3 heterocycles. The Bertz CT molecular complexity index is 952. The van der Waals surface area contributed by atoms with Crippen LogP contribution in [-0.4, -0.2) is 32.2 Å². The number of nitrogens with zero attached hydrogens (tertiary/aromatic N) is 4. The second kappa shape index (κ2) is 6.25. The number of carbonyl (C=O) groups is 1. The first-order valence-electron chi connectivity index (χ1n) is 8.38. The standard InChI is InChI=1S/C19H18FN5O/c1-12-11-24(13(2)26)23-19-17(14-7-9-21-10-8-14)18(22-25(12)19)15-3-5-16(20)6-4-15/h3-10,12,23H,11H2,1-2H3. The molecule has 0 bridgehead atoms. The van der Waals surface area contributed by atoms with Crippen LogP contribution in [-0.2, 0) is 4.79 Å². The van der Waals surface area contributed by atoms with Crippen molar-refractivity contribution >= 4 is 11.7 Å². The van der Waals surface area contributed by atoms with Crippen LogP contribution in [0.2, 0.25) is 0 Å². The van der Waals surface area contributed by atoms with E-state index < -0.39 is 0 Å². The molecule has 1 amide bonds. The number of fused-ring (bicyclic) bond motifs is 1. The molecule has 3 aromatic rings. The number of rotatable bonds is 2. The Labute approximate surface area is 150 Å². The van der Waals surface area contributed by atoms with Crippen molar-refractivity contribution in [1.29, 1.82) is 0 Å². The summed E-state index contributed by atoms with van der Waals surface area (Å²) in [6.07, 6.45) is 3.42. The lowest BCUT2D eigenvalue weighted by atomic mass is 10.0. The quantitative estimate of drug-likeness (QED) is 0.767. The first kappa shape index (κ1) is 16.3. The van der Waals surface area contributed by atoms with Gasteiger partial charge >= 0.3 is 0 Å². The molecule has 7 heteroatoms. The Hall–Kier alpha value is -3.22. The van der Waals surface area contributed by atoms with E-state index in [-0.39, 0.29) is 17.8 Å². The zero-order valence-corrected chi connectivity index (χ0v) is 14.5. The van der Waals surface area contributed by atoms with Crippen molar-refractivity contribution in [2.24, 2.45) is 0 Å². The van der Waals surface area contributed by atoms with E-state index in [4.69, 9.17) is 5.10 Å². The smallest absolute Gasteiger partial charge is 0.237 e. The molecule has 0 saturated heterocycles. The maximum Gasteiger partial charge on any atom is 0.237 e. The molecule has 1 aromatic carbocycles. The van der Waals surface area contributed by atoms with Crippen molar-refractivity contribution in [3.05, 3.63) is 54.6 Å². The molecule has 1 atom stereocenters. The zero-order valence-electron chi connectivity index (χ0n) is 14.5. The second-order valence-electron chi connectivity index (χ2n) is 6.35. The van der Waals surface area contributed by atoms with Crippen LogP contribution in [0.3, 0.4) is 0 Å². The number of pyridine rings is 1. The summed E-state index contributed by atoms with van der Waals surface area (Å²) in [7, 11) is 0. The predicted molar refractivity (Wildman–Crippen MR) is 96.6 cm³/mol. The van der Waals surface area contributed by atoms with Crippen molar-refractivity contribution in [2.75, 3.05) is 12.0 Å². The van der Waals surface area contributed by atoms with Crippen LogP contribution in [0.5, 0.6) is 0 Å². The monoisotopic (exact) mass is 351 g/mol. The topological polar surface area (TPSA) is 63.1 Å². The van der Waals surface area contributed by atoms with Crippen LogP contribution in [0.25, 0.3) is 22.4 Å². The fourth-order valence-electron chi connectivity index (χ4n) is 3.18. The maximum absolute atomic E-state index is 13.4. The van der Waals surface area contributed by atoms with Crippen LogP contribution in [0.4, 0.5) is 10.2 Å². The van der Waals surface area contributed by atoms with Gasteiger partial charge in [-0.25, -0.2) is 9.07 Å². The number of nitrogens with one attached hydrogen (secondary N) is 1. The highest BCUT2D eigenvalue weighted by Gasteiger charge is 2.30. The Morgan fingerprint density at radius 1 is 1.15 bits per heavy atom. The molecule has 0 saturated carbocycles. The minimum Gasteiger partial charge on any atom is -0.279 e. The van der Waals surface area contributed by atoms with Crippen molar-refractivity contribution in [1.82, 2.24) is 19.8 Å². The zero-order chi connectivity index (χ0) is 18.3. The average molecular weight is 351 g/mol. The average Bonchev–Trinajstić information content (AvgIpc) is 3.03. The van der Waals surface area contributed by atoms with Gasteiger partial charge < -0.3 is 0 Å². The number of halogens is 1. The molecule has 6 nitrogen and oxygen atoms in total. The minimum atomic E-state index is -0.294. The van der Waals surface area contributed by atoms with Gasteiger partial charge in [0.05, 0.1) is 18.2 Å². The van der Waals surface area contributed by atoms with Gasteiger partial charge in [-0.3, -0.25) is 20.2 Å². The van der Waals surface area contributed by atoms with Crippen LogP contribution >= 0.6 is 0 Å². The summed E-state index contributed by atoms with van der Waals surface area (Å²) in [4.78, 5) is 16.0. The van der Waals surface area contributed by atoms with Gasteiger partial charge in [0.1, 0.15) is 11.5 Å². The molecule has 26 heavy (non-hydrogen) atoms.